The van der Waals surface area contributed by atoms with Gasteiger partial charge in [-0.15, -0.1) is 0 Å². The van der Waals surface area contributed by atoms with Crippen molar-refractivity contribution in [3.8, 4) is 17.2 Å². The summed E-state index contributed by atoms with van der Waals surface area (Å²) in [6, 6.07) is 19.6. The van der Waals surface area contributed by atoms with Gasteiger partial charge in [-0.25, -0.2) is 18.1 Å². The highest BCUT2D eigenvalue weighted by Gasteiger charge is 2.29. The van der Waals surface area contributed by atoms with Crippen molar-refractivity contribution < 1.29 is 37.1 Å². The summed E-state index contributed by atoms with van der Waals surface area (Å²) in [5.74, 6) is -0.457. The van der Waals surface area contributed by atoms with E-state index in [4.69, 9.17) is 25.8 Å². The largest absolute Gasteiger partial charge is 0.484 e. The predicted molar refractivity (Wildman–Crippen MR) is 240 cm³/mol. The molecule has 2 saturated heterocycles. The SMILES string of the molecule is CC(=O)N1CCO[C@@H](COc2ccc(S(=O)(=O)NC(=O)c3ccc(N4CCN(C/C(C)=C(/CC(C)C)c5ccc(Cl)cc5)CC4)cc3Oc3cnc4[nH]ccc4c3)cc2[N+](=O)[O-])C1. The zero-order chi connectivity index (χ0) is 44.8. The van der Waals surface area contributed by atoms with Crippen molar-refractivity contribution in [3.05, 3.63) is 117 Å². The van der Waals surface area contributed by atoms with Crippen molar-refractivity contribution in [2.75, 3.05) is 63.9 Å². The molecule has 2 fully saturated rings. The van der Waals surface area contributed by atoms with E-state index in [1.807, 2.05) is 18.2 Å². The average Bonchev–Trinajstić information content (AvgIpc) is 3.73. The molecular weight excluding hydrogens is 850 g/mol. The first-order valence-corrected chi connectivity index (χ1v) is 22.5. The normalized spacial score (nSPS) is 16.5. The molecule has 3 aromatic carbocycles. The molecule has 332 valence electrons. The lowest BCUT2D eigenvalue weighted by atomic mass is 9.92. The van der Waals surface area contributed by atoms with Crippen LogP contribution in [0.1, 0.15) is 50.0 Å². The molecule has 63 heavy (non-hydrogen) atoms. The maximum Gasteiger partial charge on any atom is 0.312 e. The summed E-state index contributed by atoms with van der Waals surface area (Å²) in [6.07, 6.45) is 3.64. The molecule has 0 spiro atoms. The highest BCUT2D eigenvalue weighted by Crippen LogP contribution is 2.34. The number of nitrogens with zero attached hydrogens (tertiary/aromatic N) is 5. The number of halogens is 1. The van der Waals surface area contributed by atoms with Crippen LogP contribution in [0.2, 0.25) is 5.02 Å². The van der Waals surface area contributed by atoms with E-state index >= 15 is 0 Å². The number of pyridine rings is 1. The van der Waals surface area contributed by atoms with Gasteiger partial charge in [0.1, 0.15) is 29.9 Å². The van der Waals surface area contributed by atoms with Crippen LogP contribution in [0.25, 0.3) is 16.6 Å². The van der Waals surface area contributed by atoms with Crippen LogP contribution in [0.3, 0.4) is 0 Å². The van der Waals surface area contributed by atoms with E-state index in [0.29, 0.717) is 42.0 Å². The number of carbonyl (C=O) groups is 2. The number of carbonyl (C=O) groups excluding carboxylic acids is 2. The molecule has 2 aliphatic rings. The van der Waals surface area contributed by atoms with Crippen LogP contribution in [0.15, 0.2) is 95.7 Å². The predicted octanol–water partition coefficient (Wildman–Crippen LogP) is 7.30. The number of anilines is 1. The van der Waals surface area contributed by atoms with Crippen molar-refractivity contribution >= 4 is 61.4 Å². The fourth-order valence-corrected chi connectivity index (χ4v) is 8.84. The van der Waals surface area contributed by atoms with Crippen LogP contribution in [0.5, 0.6) is 17.2 Å². The summed E-state index contributed by atoms with van der Waals surface area (Å²) in [5.41, 5.74) is 4.50. The van der Waals surface area contributed by atoms with Gasteiger partial charge in [-0.05, 0) is 78.9 Å². The molecule has 0 saturated carbocycles. The van der Waals surface area contributed by atoms with Crippen LogP contribution < -0.4 is 19.1 Å². The second kappa shape index (κ2) is 19.6. The summed E-state index contributed by atoms with van der Waals surface area (Å²) in [7, 11) is -4.65. The third-order valence-corrected chi connectivity index (χ3v) is 12.6. The molecule has 2 aromatic heterocycles. The number of sulfonamides is 1. The fourth-order valence-electron chi connectivity index (χ4n) is 7.73. The number of aromatic nitrogens is 2. The monoisotopic (exact) mass is 899 g/mol. The van der Waals surface area contributed by atoms with Crippen LogP contribution >= 0.6 is 11.6 Å². The van der Waals surface area contributed by atoms with Crippen molar-refractivity contribution in [1.29, 1.82) is 0 Å². The molecule has 7 rings (SSSR count). The van der Waals surface area contributed by atoms with E-state index in [2.05, 4.69) is 57.4 Å². The van der Waals surface area contributed by atoms with Crippen molar-refractivity contribution in [3.63, 3.8) is 0 Å². The number of H-pyrrole nitrogens is 1. The first kappa shape index (κ1) is 45.0. The summed E-state index contributed by atoms with van der Waals surface area (Å²) in [4.78, 5) is 50.1. The average molecular weight is 900 g/mol. The Hall–Kier alpha value is -6.01. The Balaban J connectivity index is 1.08. The lowest BCUT2D eigenvalue weighted by Gasteiger charge is -2.37. The molecule has 0 aliphatic carbocycles. The van der Waals surface area contributed by atoms with Crippen LogP contribution in [-0.4, -0.2) is 110 Å². The molecule has 5 aromatic rings. The van der Waals surface area contributed by atoms with E-state index in [0.717, 1.165) is 55.3 Å². The Labute approximate surface area is 371 Å². The molecule has 0 unspecified atom stereocenters. The molecule has 18 heteroatoms. The zero-order valence-corrected chi connectivity index (χ0v) is 37.1. The Morgan fingerprint density at radius 1 is 1.00 bits per heavy atom. The number of fused-ring (bicyclic) bond motifs is 1. The molecule has 4 heterocycles. The van der Waals surface area contributed by atoms with Gasteiger partial charge in [0.05, 0.1) is 34.7 Å². The number of amides is 2. The molecule has 2 N–H and O–H groups in total. The van der Waals surface area contributed by atoms with E-state index in [-0.39, 0.29) is 42.7 Å². The fraction of sp³-hybridized carbons (Fsp3) is 0.356. The van der Waals surface area contributed by atoms with Crippen LogP contribution in [0, 0.1) is 16.0 Å². The quantitative estimate of drug-likeness (QED) is 0.0789. The number of nitro groups is 1. The van der Waals surface area contributed by atoms with Gasteiger partial charge < -0.3 is 29.0 Å². The number of aromatic amines is 1. The summed E-state index contributed by atoms with van der Waals surface area (Å²) in [5, 5.41) is 13.6. The first-order chi connectivity index (χ1) is 30.1. The molecular formula is C45H50ClN7O9S. The topological polar surface area (TPSA) is 190 Å². The standard InChI is InChI=1S/C45H50ClN7O9S/c1-29(2)21-40(32-5-7-34(46)8-6-32)30(3)26-50-15-17-51(18-16-50)35-9-11-39(43(23-35)62-36-22-33-13-14-47-44(33)48-25-36)45(55)49-63(58,59)38-10-12-42(41(24-38)53(56)57)61-28-37-27-52(31(4)54)19-20-60-37/h5-14,22-25,29,37H,15-21,26-28H2,1-4H3,(H,47,48)(H,49,55)/b40-30-/t37-/m1/s1. The Morgan fingerprint density at radius 2 is 1.76 bits per heavy atom. The van der Waals surface area contributed by atoms with E-state index in [9.17, 15) is 28.1 Å². The number of rotatable bonds is 15. The van der Waals surface area contributed by atoms with E-state index in [1.165, 1.54) is 35.9 Å². The van der Waals surface area contributed by atoms with Gasteiger partial charge in [-0.1, -0.05) is 43.2 Å². The third kappa shape index (κ3) is 11.1. The maximum atomic E-state index is 13.9. The number of hydrogen-bond donors (Lipinski definition) is 2. The number of benzene rings is 3. The Kier molecular flexibility index (Phi) is 14.0. The van der Waals surface area contributed by atoms with Gasteiger partial charge in [0.2, 0.25) is 5.91 Å². The van der Waals surface area contributed by atoms with Gasteiger partial charge in [-0.3, -0.25) is 24.6 Å². The minimum atomic E-state index is -4.65. The molecule has 2 amide bonds. The number of piperazine rings is 1. The Morgan fingerprint density at radius 3 is 2.48 bits per heavy atom. The van der Waals surface area contributed by atoms with Crippen molar-refractivity contribution in [2.45, 2.75) is 45.1 Å². The van der Waals surface area contributed by atoms with Crippen molar-refractivity contribution in [1.82, 2.24) is 24.5 Å². The Bertz CT molecular complexity index is 2630. The highest BCUT2D eigenvalue weighted by molar-refractivity contribution is 7.90. The molecule has 1 atom stereocenters. The smallest absolute Gasteiger partial charge is 0.312 e. The third-order valence-electron chi connectivity index (χ3n) is 11.0. The maximum absolute atomic E-state index is 13.9. The van der Waals surface area contributed by atoms with E-state index in [1.54, 1.807) is 29.3 Å². The van der Waals surface area contributed by atoms with Crippen LogP contribution in [0.4, 0.5) is 11.4 Å². The van der Waals surface area contributed by atoms with Gasteiger partial charge >= 0.3 is 5.69 Å². The lowest BCUT2D eigenvalue weighted by Crippen LogP contribution is -2.47. The minimum absolute atomic E-state index is 0.0855. The number of hydrogen-bond acceptors (Lipinski definition) is 12. The number of ether oxygens (including phenoxy) is 3. The second-order valence-corrected chi connectivity index (χ2v) is 18.2. The van der Waals surface area contributed by atoms with Gasteiger partial charge in [-0.2, -0.15) is 0 Å². The van der Waals surface area contributed by atoms with E-state index < -0.39 is 37.5 Å². The lowest BCUT2D eigenvalue weighted by molar-refractivity contribution is -0.386. The molecule has 0 radical (unpaired) electrons. The number of nitro benzene ring substituents is 1. The zero-order valence-electron chi connectivity index (χ0n) is 35.5. The number of allylic oxidation sites excluding steroid dienone is 1. The summed E-state index contributed by atoms with van der Waals surface area (Å²) in [6.45, 7) is 12.6. The summed E-state index contributed by atoms with van der Waals surface area (Å²) >= 11 is 6.20. The van der Waals surface area contributed by atoms with Gasteiger partial charge in [0.15, 0.2) is 5.75 Å². The first-order valence-electron chi connectivity index (χ1n) is 20.7. The minimum Gasteiger partial charge on any atom is -0.484 e. The highest BCUT2D eigenvalue weighted by atomic mass is 35.5. The van der Waals surface area contributed by atoms with Crippen LogP contribution in [-0.2, 0) is 19.6 Å². The number of nitrogens with one attached hydrogen (secondary N) is 2. The molecule has 2 aliphatic heterocycles. The molecule has 16 nitrogen and oxygen atoms in total. The number of morpholine rings is 1. The molecule has 0 bridgehead atoms. The van der Waals surface area contributed by atoms with Crippen molar-refractivity contribution in [2.24, 2.45) is 5.92 Å². The summed E-state index contributed by atoms with van der Waals surface area (Å²) < 4.78 is 47.0. The second-order valence-electron chi connectivity index (χ2n) is 16.1. The van der Waals surface area contributed by atoms with Gasteiger partial charge in [0.25, 0.3) is 15.9 Å². The van der Waals surface area contributed by atoms with Gasteiger partial charge in [0, 0.05) is 80.6 Å².